The first-order valence-electron chi connectivity index (χ1n) is 6.20. The minimum atomic E-state index is -0.592. The third-order valence-corrected chi connectivity index (χ3v) is 3.17. The Balaban J connectivity index is 2.16. The van der Waals surface area contributed by atoms with E-state index < -0.39 is 5.91 Å². The Hall–Kier alpha value is -1.73. The van der Waals surface area contributed by atoms with Crippen LogP contribution in [0.2, 0.25) is 0 Å². The number of carbonyl (C=O) groups is 1. The molecule has 0 aliphatic carbocycles. The van der Waals surface area contributed by atoms with Crippen LogP contribution in [0.3, 0.4) is 0 Å². The number of rotatable bonds is 4. The lowest BCUT2D eigenvalue weighted by Gasteiger charge is -2.27. The zero-order valence-electron chi connectivity index (χ0n) is 11.2. The van der Waals surface area contributed by atoms with E-state index in [1.807, 2.05) is 19.0 Å². The molecule has 1 fully saturated rings. The van der Waals surface area contributed by atoms with Gasteiger partial charge in [-0.25, -0.2) is 0 Å². The number of anilines is 1. The van der Waals surface area contributed by atoms with Crippen molar-refractivity contribution in [1.29, 1.82) is 0 Å². The number of amides is 1. The van der Waals surface area contributed by atoms with Crippen LogP contribution in [0.15, 0.2) is 12.1 Å². The Kier molecular flexibility index (Phi) is 3.96. The molecule has 104 valence electrons. The van der Waals surface area contributed by atoms with E-state index in [4.69, 9.17) is 5.73 Å². The molecule has 0 aromatic carbocycles. The maximum absolute atomic E-state index is 11.0. The highest BCUT2D eigenvalue weighted by molar-refractivity contribution is 5.90. The molecule has 2 unspecified atom stereocenters. The number of primary amides is 1. The molecule has 0 spiro atoms. The standard InChI is InChI=1S/C12H19N5O2/c1-16(2)6-8-5-9(18)7-17(8)11-4-3-10(12(13)19)14-15-11/h3-4,8-9,18H,5-7H2,1-2H3,(H2,13,19). The smallest absolute Gasteiger partial charge is 0.269 e. The monoisotopic (exact) mass is 265 g/mol. The summed E-state index contributed by atoms with van der Waals surface area (Å²) in [4.78, 5) is 15.0. The maximum atomic E-state index is 11.0. The first kappa shape index (κ1) is 13.7. The number of hydrogen-bond donors (Lipinski definition) is 2. The Morgan fingerprint density at radius 2 is 2.26 bits per heavy atom. The number of aliphatic hydroxyl groups is 1. The predicted octanol–water partition coefficient (Wildman–Crippen LogP) is -0.923. The van der Waals surface area contributed by atoms with Crippen molar-refractivity contribution in [3.63, 3.8) is 0 Å². The van der Waals surface area contributed by atoms with Gasteiger partial charge in [0.15, 0.2) is 11.5 Å². The first-order chi connectivity index (χ1) is 8.97. The van der Waals surface area contributed by atoms with Gasteiger partial charge in [0.2, 0.25) is 0 Å². The molecule has 1 aliphatic heterocycles. The summed E-state index contributed by atoms with van der Waals surface area (Å²) in [5, 5.41) is 17.6. The third kappa shape index (κ3) is 3.18. The van der Waals surface area contributed by atoms with Crippen LogP contribution < -0.4 is 10.6 Å². The molecule has 19 heavy (non-hydrogen) atoms. The van der Waals surface area contributed by atoms with Gasteiger partial charge in [-0.1, -0.05) is 0 Å². The van der Waals surface area contributed by atoms with Crippen molar-refractivity contribution in [3.8, 4) is 0 Å². The number of likely N-dealkylation sites (N-methyl/N-ethyl adjacent to an activating group) is 1. The molecule has 1 saturated heterocycles. The molecule has 1 aromatic heterocycles. The van der Waals surface area contributed by atoms with Gasteiger partial charge in [0.25, 0.3) is 5.91 Å². The lowest BCUT2D eigenvalue weighted by atomic mass is 10.2. The fourth-order valence-electron chi connectivity index (χ4n) is 2.38. The molecule has 1 amide bonds. The van der Waals surface area contributed by atoms with Gasteiger partial charge >= 0.3 is 0 Å². The van der Waals surface area contributed by atoms with Crippen molar-refractivity contribution in [3.05, 3.63) is 17.8 Å². The number of aromatic nitrogens is 2. The number of hydrogen-bond acceptors (Lipinski definition) is 6. The van der Waals surface area contributed by atoms with E-state index in [-0.39, 0.29) is 17.8 Å². The summed E-state index contributed by atoms with van der Waals surface area (Å²) >= 11 is 0. The second-order valence-corrected chi connectivity index (χ2v) is 5.10. The van der Waals surface area contributed by atoms with E-state index in [1.165, 1.54) is 0 Å². The molecule has 2 heterocycles. The topological polar surface area (TPSA) is 95.6 Å². The summed E-state index contributed by atoms with van der Waals surface area (Å²) < 4.78 is 0. The lowest BCUT2D eigenvalue weighted by molar-refractivity contribution is 0.0994. The summed E-state index contributed by atoms with van der Waals surface area (Å²) in [5.74, 6) is 0.0683. The van der Waals surface area contributed by atoms with Crippen LogP contribution >= 0.6 is 0 Å². The number of β-amino-alcohol motifs (C(OH)–C–C–N with tert-alkyl or cyclic N) is 1. The van der Waals surface area contributed by atoms with Crippen LogP contribution in [0.5, 0.6) is 0 Å². The van der Waals surface area contributed by atoms with Gasteiger partial charge in [0.05, 0.1) is 6.10 Å². The average molecular weight is 265 g/mol. The van der Waals surface area contributed by atoms with Crippen LogP contribution in [0.25, 0.3) is 0 Å². The second kappa shape index (κ2) is 5.50. The van der Waals surface area contributed by atoms with Gasteiger partial charge in [-0.3, -0.25) is 4.79 Å². The normalized spacial score (nSPS) is 23.1. The summed E-state index contributed by atoms with van der Waals surface area (Å²) in [6.07, 6.45) is 0.347. The van der Waals surface area contributed by atoms with E-state index in [2.05, 4.69) is 15.1 Å². The zero-order valence-corrected chi connectivity index (χ0v) is 11.2. The van der Waals surface area contributed by atoms with Crippen molar-refractivity contribution in [1.82, 2.24) is 15.1 Å². The highest BCUT2D eigenvalue weighted by atomic mass is 16.3. The highest BCUT2D eigenvalue weighted by Crippen LogP contribution is 2.24. The second-order valence-electron chi connectivity index (χ2n) is 5.10. The fraction of sp³-hybridized carbons (Fsp3) is 0.583. The van der Waals surface area contributed by atoms with E-state index in [1.54, 1.807) is 12.1 Å². The molecule has 7 nitrogen and oxygen atoms in total. The summed E-state index contributed by atoms with van der Waals surface area (Å²) in [6.45, 7) is 1.36. The van der Waals surface area contributed by atoms with Crippen LogP contribution in [-0.4, -0.2) is 65.4 Å². The molecule has 2 atom stereocenters. The molecule has 0 bridgehead atoms. The Bertz CT molecular complexity index is 448. The highest BCUT2D eigenvalue weighted by Gasteiger charge is 2.32. The van der Waals surface area contributed by atoms with Crippen LogP contribution in [-0.2, 0) is 0 Å². The molecule has 2 rings (SSSR count). The van der Waals surface area contributed by atoms with Gasteiger partial charge in [0.1, 0.15) is 0 Å². The van der Waals surface area contributed by atoms with E-state index >= 15 is 0 Å². The largest absolute Gasteiger partial charge is 0.391 e. The number of carbonyl (C=O) groups excluding carboxylic acids is 1. The van der Waals surface area contributed by atoms with Crippen LogP contribution in [0.4, 0.5) is 5.82 Å². The molecule has 7 heteroatoms. The quantitative estimate of drug-likeness (QED) is 0.731. The molecule has 0 saturated carbocycles. The Morgan fingerprint density at radius 1 is 1.53 bits per heavy atom. The van der Waals surface area contributed by atoms with Crippen molar-refractivity contribution < 1.29 is 9.90 Å². The van der Waals surface area contributed by atoms with E-state index in [9.17, 15) is 9.90 Å². The average Bonchev–Trinajstić information content (AvgIpc) is 2.69. The number of aliphatic hydroxyl groups excluding tert-OH is 1. The van der Waals surface area contributed by atoms with Crippen LogP contribution in [0, 0.1) is 0 Å². The minimum absolute atomic E-state index is 0.146. The van der Waals surface area contributed by atoms with Gasteiger partial charge in [-0.2, -0.15) is 0 Å². The fourth-order valence-corrected chi connectivity index (χ4v) is 2.38. The van der Waals surface area contributed by atoms with Gasteiger partial charge < -0.3 is 20.6 Å². The van der Waals surface area contributed by atoms with Crippen molar-refractivity contribution in [2.45, 2.75) is 18.6 Å². The van der Waals surface area contributed by atoms with Gasteiger partial charge in [0, 0.05) is 19.1 Å². The molecule has 1 aliphatic rings. The zero-order chi connectivity index (χ0) is 14.0. The third-order valence-electron chi connectivity index (χ3n) is 3.17. The number of nitrogens with zero attached hydrogens (tertiary/aromatic N) is 4. The summed E-state index contributed by atoms with van der Waals surface area (Å²) in [5.41, 5.74) is 5.28. The minimum Gasteiger partial charge on any atom is -0.391 e. The summed E-state index contributed by atoms with van der Waals surface area (Å²) in [6, 6.07) is 3.47. The van der Waals surface area contributed by atoms with Crippen molar-refractivity contribution >= 4 is 11.7 Å². The summed E-state index contributed by atoms with van der Waals surface area (Å²) in [7, 11) is 3.98. The van der Waals surface area contributed by atoms with Crippen molar-refractivity contribution in [2.24, 2.45) is 5.73 Å². The maximum Gasteiger partial charge on any atom is 0.269 e. The van der Waals surface area contributed by atoms with E-state index in [0.717, 1.165) is 6.54 Å². The molecular formula is C12H19N5O2. The van der Waals surface area contributed by atoms with Crippen LogP contribution in [0.1, 0.15) is 16.9 Å². The predicted molar refractivity (Wildman–Crippen MR) is 70.9 cm³/mol. The molecule has 3 N–H and O–H groups in total. The van der Waals surface area contributed by atoms with Gasteiger partial charge in [-0.05, 0) is 32.6 Å². The Morgan fingerprint density at radius 3 is 2.79 bits per heavy atom. The van der Waals surface area contributed by atoms with Gasteiger partial charge in [-0.15, -0.1) is 10.2 Å². The SMILES string of the molecule is CN(C)CC1CC(O)CN1c1ccc(C(N)=O)nn1. The Labute approximate surface area is 112 Å². The van der Waals surface area contributed by atoms with Crippen molar-refractivity contribution in [2.75, 3.05) is 32.1 Å². The molecule has 0 radical (unpaired) electrons. The molecular weight excluding hydrogens is 246 g/mol. The lowest BCUT2D eigenvalue weighted by Crippen LogP contribution is -2.38. The first-order valence-corrected chi connectivity index (χ1v) is 6.20. The van der Waals surface area contributed by atoms with E-state index in [0.29, 0.717) is 18.8 Å². The molecule has 1 aromatic rings. The number of nitrogens with two attached hydrogens (primary N) is 1.